The molecule has 3 rings (SSSR count). The fraction of sp³-hybridized carbons (Fsp3) is 0. The molecule has 1 N–H and O–H groups in total. The Morgan fingerprint density at radius 2 is 1.45 bits per heavy atom. The highest BCUT2D eigenvalue weighted by molar-refractivity contribution is 5.63. The molecule has 0 unspecified atom stereocenters. The Hall–Kier alpha value is -2.81. The van der Waals surface area contributed by atoms with Gasteiger partial charge in [0.05, 0.1) is 5.69 Å². The molecule has 0 spiro atoms. The summed E-state index contributed by atoms with van der Waals surface area (Å²) < 4.78 is 1.46. The predicted molar refractivity (Wildman–Crippen MR) is 79.1 cm³/mol. The van der Waals surface area contributed by atoms with E-state index >= 15 is 0 Å². The number of hydrogen-bond acceptors (Lipinski definition) is 2. The van der Waals surface area contributed by atoms with E-state index in [2.05, 4.69) is 0 Å². The average molecular weight is 263 g/mol. The third kappa shape index (κ3) is 2.21. The molecule has 0 amide bonds. The largest absolute Gasteiger partial charge is 0.506 e. The minimum absolute atomic E-state index is 0.0832. The van der Waals surface area contributed by atoms with Crippen LogP contribution in [0.4, 0.5) is 0 Å². The normalized spacial score (nSPS) is 10.4. The summed E-state index contributed by atoms with van der Waals surface area (Å²) in [5, 5.41) is 9.89. The summed E-state index contributed by atoms with van der Waals surface area (Å²) in [7, 11) is 0. The molecule has 3 aromatic rings. The van der Waals surface area contributed by atoms with Crippen LogP contribution in [0.5, 0.6) is 5.75 Å². The standard InChI is InChI=1S/C17H13NO2/c19-16-9-5-4-8-15(16)18-12-14(10-11-17(18)20)13-6-2-1-3-7-13/h1-12,19H. The van der Waals surface area contributed by atoms with Crippen LogP contribution in [0.1, 0.15) is 0 Å². The molecule has 3 nitrogen and oxygen atoms in total. The van der Waals surface area contributed by atoms with E-state index in [0.717, 1.165) is 11.1 Å². The maximum atomic E-state index is 12.0. The molecule has 0 radical (unpaired) electrons. The molecule has 0 saturated heterocycles. The van der Waals surface area contributed by atoms with Crippen LogP contribution in [0.15, 0.2) is 77.7 Å². The summed E-state index contributed by atoms with van der Waals surface area (Å²) in [6.07, 6.45) is 1.74. The smallest absolute Gasteiger partial charge is 0.255 e. The molecule has 0 bridgehead atoms. The van der Waals surface area contributed by atoms with Gasteiger partial charge < -0.3 is 5.11 Å². The average Bonchev–Trinajstić information content (AvgIpc) is 2.49. The summed E-state index contributed by atoms with van der Waals surface area (Å²) in [5.74, 6) is 0.0832. The highest BCUT2D eigenvalue weighted by Gasteiger charge is 2.06. The molecule has 2 aromatic carbocycles. The first-order chi connectivity index (χ1) is 9.75. The fourth-order valence-electron chi connectivity index (χ4n) is 2.14. The number of nitrogens with zero attached hydrogens (tertiary/aromatic N) is 1. The number of hydrogen-bond donors (Lipinski definition) is 1. The predicted octanol–water partition coefficient (Wildman–Crippen LogP) is 3.21. The Labute approximate surface area is 116 Å². The Bertz CT molecular complexity index is 791. The number of phenols is 1. The van der Waals surface area contributed by atoms with Gasteiger partial charge in [-0.05, 0) is 29.3 Å². The lowest BCUT2D eigenvalue weighted by atomic mass is 10.1. The first-order valence-corrected chi connectivity index (χ1v) is 6.32. The van der Waals surface area contributed by atoms with Crippen molar-refractivity contribution in [3.63, 3.8) is 0 Å². The van der Waals surface area contributed by atoms with Crippen molar-refractivity contribution in [2.75, 3.05) is 0 Å². The second kappa shape index (κ2) is 5.05. The van der Waals surface area contributed by atoms with E-state index in [-0.39, 0.29) is 11.3 Å². The minimum atomic E-state index is -0.175. The van der Waals surface area contributed by atoms with Gasteiger partial charge in [0.15, 0.2) is 0 Å². The third-order valence-electron chi connectivity index (χ3n) is 3.16. The second-order valence-electron chi connectivity index (χ2n) is 4.48. The van der Waals surface area contributed by atoms with E-state index in [0.29, 0.717) is 5.69 Å². The summed E-state index contributed by atoms with van der Waals surface area (Å²) in [4.78, 5) is 12.0. The molecule has 0 saturated carbocycles. The molecule has 1 heterocycles. The molecular weight excluding hydrogens is 250 g/mol. The third-order valence-corrected chi connectivity index (χ3v) is 3.16. The van der Waals surface area contributed by atoms with Crippen molar-refractivity contribution in [3.8, 4) is 22.6 Å². The van der Waals surface area contributed by atoms with Gasteiger partial charge in [0.25, 0.3) is 5.56 Å². The van der Waals surface area contributed by atoms with Crippen molar-refractivity contribution in [2.45, 2.75) is 0 Å². The van der Waals surface area contributed by atoms with Crippen LogP contribution in [0.3, 0.4) is 0 Å². The van der Waals surface area contributed by atoms with Gasteiger partial charge in [-0.15, -0.1) is 0 Å². The van der Waals surface area contributed by atoms with E-state index < -0.39 is 0 Å². The van der Waals surface area contributed by atoms with Crippen LogP contribution >= 0.6 is 0 Å². The van der Waals surface area contributed by atoms with E-state index in [4.69, 9.17) is 0 Å². The van der Waals surface area contributed by atoms with E-state index in [1.54, 1.807) is 36.5 Å². The van der Waals surface area contributed by atoms with E-state index in [1.165, 1.54) is 10.6 Å². The minimum Gasteiger partial charge on any atom is -0.506 e. The van der Waals surface area contributed by atoms with Gasteiger partial charge in [0, 0.05) is 12.3 Å². The molecule has 0 atom stereocenters. The van der Waals surface area contributed by atoms with Crippen LogP contribution in [-0.4, -0.2) is 9.67 Å². The summed E-state index contributed by atoms with van der Waals surface area (Å²) in [6, 6.07) is 19.9. The fourth-order valence-corrected chi connectivity index (χ4v) is 2.14. The van der Waals surface area contributed by atoms with E-state index in [1.807, 2.05) is 30.3 Å². The monoisotopic (exact) mass is 263 g/mol. The van der Waals surface area contributed by atoms with Gasteiger partial charge in [-0.2, -0.15) is 0 Å². The first kappa shape index (κ1) is 12.2. The molecule has 3 heteroatoms. The maximum Gasteiger partial charge on any atom is 0.255 e. The number of rotatable bonds is 2. The van der Waals surface area contributed by atoms with Crippen LogP contribution < -0.4 is 5.56 Å². The molecule has 20 heavy (non-hydrogen) atoms. The zero-order chi connectivity index (χ0) is 13.9. The van der Waals surface area contributed by atoms with Crippen molar-refractivity contribution in [3.05, 3.63) is 83.3 Å². The Morgan fingerprint density at radius 1 is 0.750 bits per heavy atom. The quantitative estimate of drug-likeness (QED) is 0.771. The van der Waals surface area contributed by atoms with Crippen molar-refractivity contribution in [2.24, 2.45) is 0 Å². The number of phenolic OH excluding ortho intramolecular Hbond substituents is 1. The molecule has 98 valence electrons. The highest BCUT2D eigenvalue weighted by Crippen LogP contribution is 2.22. The van der Waals surface area contributed by atoms with Crippen molar-refractivity contribution >= 4 is 0 Å². The SMILES string of the molecule is O=c1ccc(-c2ccccc2)cn1-c1ccccc1O. The topological polar surface area (TPSA) is 42.2 Å². The van der Waals surface area contributed by atoms with Gasteiger partial charge in [0.2, 0.25) is 0 Å². The van der Waals surface area contributed by atoms with Crippen LogP contribution in [0, 0.1) is 0 Å². The molecule has 0 aliphatic heterocycles. The van der Waals surface area contributed by atoms with Crippen LogP contribution in [0.2, 0.25) is 0 Å². The number of aromatic nitrogens is 1. The Morgan fingerprint density at radius 3 is 2.20 bits per heavy atom. The number of para-hydroxylation sites is 2. The zero-order valence-corrected chi connectivity index (χ0v) is 10.7. The Kier molecular flexibility index (Phi) is 3.09. The van der Waals surface area contributed by atoms with Crippen molar-refractivity contribution in [1.82, 2.24) is 4.57 Å². The highest BCUT2D eigenvalue weighted by atomic mass is 16.3. The molecule has 0 aliphatic carbocycles. The molecule has 0 aliphatic rings. The van der Waals surface area contributed by atoms with Crippen molar-refractivity contribution < 1.29 is 5.11 Å². The zero-order valence-electron chi connectivity index (χ0n) is 10.7. The molecule has 1 aromatic heterocycles. The molecular formula is C17H13NO2. The number of benzene rings is 2. The summed E-state index contributed by atoms with van der Waals surface area (Å²) in [6.45, 7) is 0. The van der Waals surface area contributed by atoms with Crippen LogP contribution in [-0.2, 0) is 0 Å². The molecule has 0 fully saturated rings. The number of pyridine rings is 1. The number of aromatic hydroxyl groups is 1. The van der Waals surface area contributed by atoms with E-state index in [9.17, 15) is 9.90 Å². The lowest BCUT2D eigenvalue weighted by Crippen LogP contribution is -2.16. The summed E-state index contributed by atoms with van der Waals surface area (Å²) >= 11 is 0. The van der Waals surface area contributed by atoms with Crippen LogP contribution in [0.25, 0.3) is 16.8 Å². The van der Waals surface area contributed by atoms with Gasteiger partial charge in [-0.3, -0.25) is 9.36 Å². The maximum absolute atomic E-state index is 12.0. The lowest BCUT2D eigenvalue weighted by molar-refractivity contribution is 0.472. The second-order valence-corrected chi connectivity index (χ2v) is 4.48. The van der Waals surface area contributed by atoms with Gasteiger partial charge in [-0.1, -0.05) is 42.5 Å². The van der Waals surface area contributed by atoms with Crippen molar-refractivity contribution in [1.29, 1.82) is 0 Å². The Balaban J connectivity index is 2.18. The first-order valence-electron chi connectivity index (χ1n) is 6.32. The summed E-state index contributed by atoms with van der Waals surface area (Å²) in [5.41, 5.74) is 2.26. The lowest BCUT2D eigenvalue weighted by Gasteiger charge is -2.10. The van der Waals surface area contributed by atoms with Gasteiger partial charge >= 0.3 is 0 Å². The van der Waals surface area contributed by atoms with Gasteiger partial charge in [0.1, 0.15) is 5.75 Å². The van der Waals surface area contributed by atoms with Gasteiger partial charge in [-0.25, -0.2) is 0 Å².